The van der Waals surface area contributed by atoms with Gasteiger partial charge < -0.3 is 9.64 Å². The predicted molar refractivity (Wildman–Crippen MR) is 88.3 cm³/mol. The zero-order valence-electron chi connectivity index (χ0n) is 12.5. The van der Waals surface area contributed by atoms with Gasteiger partial charge in [0, 0.05) is 25.3 Å². The fourth-order valence-electron chi connectivity index (χ4n) is 2.11. The normalized spacial score (nSPS) is 9.45. The number of rotatable bonds is 4. The van der Waals surface area contributed by atoms with Crippen molar-refractivity contribution in [1.82, 2.24) is 0 Å². The van der Waals surface area contributed by atoms with Gasteiger partial charge in [0.05, 0.1) is 6.26 Å². The van der Waals surface area contributed by atoms with E-state index < -0.39 is 0 Å². The molecule has 0 unspecified atom stereocenters. The van der Waals surface area contributed by atoms with Crippen LogP contribution in [0.25, 0.3) is 16.8 Å². The van der Waals surface area contributed by atoms with Gasteiger partial charge in [0.1, 0.15) is 23.5 Å². The fourth-order valence-corrected chi connectivity index (χ4v) is 2.11. The average Bonchev–Trinajstić information content (AvgIpc) is 2.52. The van der Waals surface area contributed by atoms with Crippen LogP contribution in [0, 0.1) is 22.7 Å². The van der Waals surface area contributed by atoms with Gasteiger partial charge in [0.15, 0.2) is 0 Å². The molecule has 0 saturated carbocycles. The molecule has 2 rings (SSSR count). The van der Waals surface area contributed by atoms with Crippen LogP contribution in [0.1, 0.15) is 5.56 Å². The van der Waals surface area contributed by atoms with Crippen LogP contribution in [0.2, 0.25) is 0 Å². The molecule has 0 aromatic heterocycles. The Labute approximate surface area is 129 Å². The Balaban J connectivity index is 2.67. The molecule has 0 N–H and O–H groups in total. The van der Waals surface area contributed by atoms with E-state index in [4.69, 9.17) is 15.3 Å². The van der Waals surface area contributed by atoms with Gasteiger partial charge in [-0.3, -0.25) is 0 Å². The summed E-state index contributed by atoms with van der Waals surface area (Å²) < 4.78 is 5.42. The van der Waals surface area contributed by atoms with E-state index in [0.717, 1.165) is 16.5 Å². The van der Waals surface area contributed by atoms with E-state index >= 15 is 0 Å². The SMILES string of the molecule is C=COc1cc2cc(N(C)C)ccc2cc1C=C(C#N)C#N. The lowest BCUT2D eigenvalue weighted by atomic mass is 10.0. The Bertz CT molecular complexity index is 820. The highest BCUT2D eigenvalue weighted by atomic mass is 16.5. The van der Waals surface area contributed by atoms with Crippen molar-refractivity contribution in [3.63, 3.8) is 0 Å². The maximum Gasteiger partial charge on any atom is 0.134 e. The van der Waals surface area contributed by atoms with Gasteiger partial charge in [-0.1, -0.05) is 12.6 Å². The van der Waals surface area contributed by atoms with Crippen LogP contribution >= 0.6 is 0 Å². The highest BCUT2D eigenvalue weighted by Gasteiger charge is 2.07. The molecule has 0 heterocycles. The van der Waals surface area contributed by atoms with E-state index in [0.29, 0.717) is 11.3 Å². The van der Waals surface area contributed by atoms with E-state index in [-0.39, 0.29) is 5.57 Å². The van der Waals surface area contributed by atoms with Crippen molar-refractivity contribution in [3.8, 4) is 17.9 Å². The van der Waals surface area contributed by atoms with Crippen molar-refractivity contribution in [3.05, 3.63) is 54.3 Å². The number of hydrogen-bond acceptors (Lipinski definition) is 4. The van der Waals surface area contributed by atoms with Gasteiger partial charge >= 0.3 is 0 Å². The maximum atomic E-state index is 8.91. The van der Waals surface area contributed by atoms with Crippen molar-refractivity contribution in [2.75, 3.05) is 19.0 Å². The number of nitriles is 2. The summed E-state index contributed by atoms with van der Waals surface area (Å²) in [4.78, 5) is 2.02. The third-order valence-corrected chi connectivity index (χ3v) is 3.22. The van der Waals surface area contributed by atoms with Gasteiger partial charge in [0.2, 0.25) is 0 Å². The quantitative estimate of drug-likeness (QED) is 0.633. The van der Waals surface area contributed by atoms with E-state index in [1.54, 1.807) is 0 Å². The van der Waals surface area contributed by atoms with E-state index in [1.165, 1.54) is 12.3 Å². The third-order valence-electron chi connectivity index (χ3n) is 3.22. The lowest BCUT2D eigenvalue weighted by Gasteiger charge is -2.14. The molecule has 0 aliphatic carbocycles. The number of benzene rings is 2. The van der Waals surface area contributed by atoms with Crippen LogP contribution in [-0.4, -0.2) is 14.1 Å². The minimum Gasteiger partial charge on any atom is -0.465 e. The third kappa shape index (κ3) is 3.08. The smallest absolute Gasteiger partial charge is 0.134 e. The lowest BCUT2D eigenvalue weighted by Crippen LogP contribution is -2.08. The Morgan fingerprint density at radius 1 is 1.14 bits per heavy atom. The van der Waals surface area contributed by atoms with Gasteiger partial charge in [-0.2, -0.15) is 10.5 Å². The predicted octanol–water partition coefficient (Wildman–Crippen LogP) is 3.86. The molecule has 2 aromatic carbocycles. The first-order valence-electron chi connectivity index (χ1n) is 6.63. The molecule has 108 valence electrons. The summed E-state index contributed by atoms with van der Waals surface area (Å²) >= 11 is 0. The molecule has 0 aliphatic rings. The van der Waals surface area contributed by atoms with Gasteiger partial charge in [-0.25, -0.2) is 0 Å². The highest BCUT2D eigenvalue weighted by Crippen LogP contribution is 2.30. The van der Waals surface area contributed by atoms with Crippen molar-refractivity contribution in [1.29, 1.82) is 10.5 Å². The van der Waals surface area contributed by atoms with Crippen LogP contribution in [0.3, 0.4) is 0 Å². The van der Waals surface area contributed by atoms with Gasteiger partial charge in [-0.05, 0) is 41.1 Å². The van der Waals surface area contributed by atoms with E-state index in [1.807, 2.05) is 61.5 Å². The fraction of sp³-hybridized carbons (Fsp3) is 0.111. The largest absolute Gasteiger partial charge is 0.465 e. The summed E-state index contributed by atoms with van der Waals surface area (Å²) in [7, 11) is 3.96. The second-order valence-corrected chi connectivity index (χ2v) is 4.88. The van der Waals surface area contributed by atoms with Crippen molar-refractivity contribution >= 4 is 22.5 Å². The number of fused-ring (bicyclic) bond motifs is 1. The molecule has 2 aromatic rings. The number of anilines is 1. The molecule has 4 heteroatoms. The van der Waals surface area contributed by atoms with Crippen LogP contribution in [0.15, 0.2) is 48.7 Å². The number of allylic oxidation sites excluding steroid dienone is 1. The first kappa shape index (κ1) is 15.2. The minimum atomic E-state index is 0.0261. The number of hydrogen-bond donors (Lipinski definition) is 0. The highest BCUT2D eigenvalue weighted by molar-refractivity contribution is 5.90. The topological polar surface area (TPSA) is 60.0 Å². The minimum absolute atomic E-state index is 0.0261. The molecular formula is C18H15N3O. The van der Waals surface area contributed by atoms with Crippen LogP contribution < -0.4 is 9.64 Å². The molecule has 0 atom stereocenters. The summed E-state index contributed by atoms with van der Waals surface area (Å²) in [5.41, 5.74) is 1.77. The molecule has 4 nitrogen and oxygen atoms in total. The zero-order valence-corrected chi connectivity index (χ0v) is 12.5. The Hall–Kier alpha value is -3.24. The van der Waals surface area contributed by atoms with Crippen molar-refractivity contribution in [2.45, 2.75) is 0 Å². The second kappa shape index (κ2) is 6.47. The van der Waals surface area contributed by atoms with Gasteiger partial charge in [0.25, 0.3) is 0 Å². The molecule has 0 saturated heterocycles. The summed E-state index contributed by atoms with van der Waals surface area (Å²) in [6.07, 6.45) is 2.84. The van der Waals surface area contributed by atoms with E-state index in [2.05, 4.69) is 6.58 Å². The average molecular weight is 289 g/mol. The van der Waals surface area contributed by atoms with Gasteiger partial charge in [-0.15, -0.1) is 0 Å². The summed E-state index contributed by atoms with van der Waals surface area (Å²) in [6, 6.07) is 13.5. The summed E-state index contributed by atoms with van der Waals surface area (Å²) in [5, 5.41) is 19.8. The van der Waals surface area contributed by atoms with Crippen molar-refractivity contribution < 1.29 is 4.74 Å². The summed E-state index contributed by atoms with van der Waals surface area (Å²) in [6.45, 7) is 3.56. The molecular weight excluding hydrogens is 274 g/mol. The number of ether oxygens (including phenoxy) is 1. The molecule has 0 radical (unpaired) electrons. The second-order valence-electron chi connectivity index (χ2n) is 4.88. The first-order chi connectivity index (χ1) is 10.6. The standard InChI is InChI=1S/C18H15N3O/c1-4-22-18-10-15-9-17(21(2)3)6-5-14(15)8-16(18)7-13(11-19)12-20/h4-10H,1H2,2-3H3. The molecule has 0 fully saturated rings. The lowest BCUT2D eigenvalue weighted by molar-refractivity contribution is 0.483. The zero-order chi connectivity index (χ0) is 16.1. The molecule has 0 aliphatic heterocycles. The molecule has 0 spiro atoms. The Morgan fingerprint density at radius 3 is 2.45 bits per heavy atom. The first-order valence-corrected chi connectivity index (χ1v) is 6.63. The summed E-state index contributed by atoms with van der Waals surface area (Å²) in [5.74, 6) is 0.557. The van der Waals surface area contributed by atoms with Crippen LogP contribution in [0.5, 0.6) is 5.75 Å². The Morgan fingerprint density at radius 2 is 1.86 bits per heavy atom. The maximum absolute atomic E-state index is 8.91. The molecule has 0 amide bonds. The Kier molecular flexibility index (Phi) is 4.46. The monoisotopic (exact) mass is 289 g/mol. The van der Waals surface area contributed by atoms with Crippen LogP contribution in [-0.2, 0) is 0 Å². The van der Waals surface area contributed by atoms with E-state index in [9.17, 15) is 0 Å². The number of nitrogens with zero attached hydrogens (tertiary/aromatic N) is 3. The van der Waals surface area contributed by atoms with Crippen LogP contribution in [0.4, 0.5) is 5.69 Å². The molecule has 22 heavy (non-hydrogen) atoms. The molecule has 0 bridgehead atoms. The van der Waals surface area contributed by atoms with Crippen molar-refractivity contribution in [2.24, 2.45) is 0 Å².